The molecule has 312 valence electrons. The van der Waals surface area contributed by atoms with E-state index >= 15 is 0 Å². The third kappa shape index (κ3) is 34.9. The van der Waals surface area contributed by atoms with E-state index in [4.69, 9.17) is 0 Å². The zero-order chi connectivity index (χ0) is 38.9. The summed E-state index contributed by atoms with van der Waals surface area (Å²) in [5.74, 6) is 0.740. The Morgan fingerprint density at radius 2 is 0.868 bits per heavy atom. The van der Waals surface area contributed by atoms with Crippen molar-refractivity contribution in [2.45, 2.75) is 245 Å². The van der Waals surface area contributed by atoms with Crippen LogP contribution in [0.4, 0.5) is 0 Å². The van der Waals surface area contributed by atoms with Gasteiger partial charge >= 0.3 is 0 Å². The Morgan fingerprint density at radius 3 is 1.36 bits per heavy atom. The van der Waals surface area contributed by atoms with Crippen LogP contribution in [-0.2, 0) is 4.79 Å². The molecule has 0 bridgehead atoms. The molecule has 3 nitrogen and oxygen atoms in total. The van der Waals surface area contributed by atoms with E-state index in [2.05, 4.69) is 81.6 Å². The zero-order valence-corrected chi connectivity index (χ0v) is 37.0. The average molecular weight is 741 g/mol. The molecule has 2 atom stereocenters. The fourth-order valence-electron chi connectivity index (χ4n) is 7.84. The lowest BCUT2D eigenvalue weighted by Gasteiger charge is -2.36. The number of amides is 1. The molecule has 53 heavy (non-hydrogen) atoms. The fraction of sp³-hybridized carbons (Fsp3) is 0.860. The summed E-state index contributed by atoms with van der Waals surface area (Å²) in [7, 11) is 4.36. The lowest BCUT2D eigenvalue weighted by Crippen LogP contribution is -2.45. The van der Waals surface area contributed by atoms with Crippen molar-refractivity contribution >= 4 is 5.91 Å². The number of carbonyl (C=O) groups excluding carboxylic acids is 1. The molecule has 3 heteroatoms. The first-order valence-corrected chi connectivity index (χ1v) is 23.9. The molecule has 0 N–H and O–H groups in total. The molecular weight excluding hydrogens is 645 g/mol. The molecule has 0 aromatic rings. The van der Waals surface area contributed by atoms with Gasteiger partial charge in [-0.05, 0) is 97.7 Å². The van der Waals surface area contributed by atoms with Crippen LogP contribution in [0.5, 0.6) is 0 Å². The molecule has 0 radical (unpaired) electrons. The molecule has 0 aliphatic carbocycles. The zero-order valence-electron chi connectivity index (χ0n) is 37.0. The number of carbonyl (C=O) groups is 1. The highest BCUT2D eigenvalue weighted by molar-refractivity contribution is 5.79. The van der Waals surface area contributed by atoms with Gasteiger partial charge in [-0.2, -0.15) is 0 Å². The van der Waals surface area contributed by atoms with Crippen LogP contribution >= 0.6 is 0 Å². The van der Waals surface area contributed by atoms with Gasteiger partial charge in [-0.1, -0.05) is 192 Å². The van der Waals surface area contributed by atoms with Crippen LogP contribution < -0.4 is 0 Å². The van der Waals surface area contributed by atoms with Crippen molar-refractivity contribution in [1.29, 1.82) is 0 Å². The number of nitrogens with zero attached hydrogens (tertiary/aromatic N) is 2. The smallest absolute Gasteiger partial charge is 0.225 e. The highest BCUT2D eigenvalue weighted by Crippen LogP contribution is 2.26. The van der Waals surface area contributed by atoms with E-state index < -0.39 is 0 Å². The van der Waals surface area contributed by atoms with Crippen molar-refractivity contribution in [3.8, 4) is 0 Å². The Labute approximate surface area is 334 Å². The van der Waals surface area contributed by atoms with Crippen LogP contribution in [0.2, 0.25) is 0 Å². The van der Waals surface area contributed by atoms with Crippen LogP contribution in [0.25, 0.3) is 0 Å². The lowest BCUT2D eigenvalue weighted by molar-refractivity contribution is -0.139. The van der Waals surface area contributed by atoms with Crippen LogP contribution in [0, 0.1) is 5.92 Å². The van der Waals surface area contributed by atoms with E-state index in [0.717, 1.165) is 45.2 Å². The maximum atomic E-state index is 14.7. The molecule has 0 aliphatic rings. The standard InChI is InChI=1S/C50H96N2O/c1-7-11-15-19-22-24-25-26-27-28-29-30-31-33-36-40-45-49(44-39-35-32-23-20-16-12-8-2)52(47-41-46-51(5)6)50(53)48(42-37-18-14-10-4)43-38-34-21-17-13-9-3/h8,22,24,26-27,48-49H,2,7,9-21,23,25,28-47H2,1,3-6H3/b24-22-,27-26-. The molecule has 1 amide bonds. The normalized spacial score (nSPS) is 13.1. The van der Waals surface area contributed by atoms with E-state index in [0.29, 0.717) is 11.9 Å². The Bertz CT molecular complexity index is 816. The summed E-state index contributed by atoms with van der Waals surface area (Å²) in [5, 5.41) is 0. The second kappa shape index (κ2) is 41.8. The van der Waals surface area contributed by atoms with Crippen LogP contribution in [0.1, 0.15) is 239 Å². The van der Waals surface area contributed by atoms with Gasteiger partial charge in [0.25, 0.3) is 0 Å². The van der Waals surface area contributed by atoms with E-state index in [1.807, 2.05) is 0 Å². The largest absolute Gasteiger partial charge is 0.339 e. The molecule has 0 fully saturated rings. The molecule has 0 saturated carbocycles. The van der Waals surface area contributed by atoms with Gasteiger partial charge in [-0.15, -0.1) is 6.58 Å². The predicted molar refractivity (Wildman–Crippen MR) is 240 cm³/mol. The van der Waals surface area contributed by atoms with E-state index in [9.17, 15) is 4.79 Å². The first-order valence-electron chi connectivity index (χ1n) is 23.9. The van der Waals surface area contributed by atoms with Crippen molar-refractivity contribution in [3.05, 3.63) is 37.0 Å². The molecule has 0 aliphatic heterocycles. The maximum Gasteiger partial charge on any atom is 0.225 e. The summed E-state index contributed by atoms with van der Waals surface area (Å²) in [4.78, 5) is 19.4. The third-order valence-corrected chi connectivity index (χ3v) is 11.3. The van der Waals surface area contributed by atoms with Gasteiger partial charge in [0.15, 0.2) is 0 Å². The number of unbranched alkanes of at least 4 members (excludes halogenated alkanes) is 23. The van der Waals surface area contributed by atoms with Crippen molar-refractivity contribution < 1.29 is 4.79 Å². The Hall–Kier alpha value is -1.35. The predicted octanol–water partition coefficient (Wildman–Crippen LogP) is 16.0. The Kier molecular flexibility index (Phi) is 40.7. The van der Waals surface area contributed by atoms with Crippen LogP contribution in [0.15, 0.2) is 37.0 Å². The summed E-state index contributed by atoms with van der Waals surface area (Å²) >= 11 is 0. The minimum atomic E-state index is 0.223. The first kappa shape index (κ1) is 51.6. The lowest BCUT2D eigenvalue weighted by atomic mass is 9.91. The van der Waals surface area contributed by atoms with Gasteiger partial charge in [-0.3, -0.25) is 4.79 Å². The monoisotopic (exact) mass is 741 g/mol. The van der Waals surface area contributed by atoms with Gasteiger partial charge in [-0.25, -0.2) is 0 Å². The molecule has 0 aromatic heterocycles. The van der Waals surface area contributed by atoms with E-state index in [1.165, 1.54) is 186 Å². The number of allylic oxidation sites excluding steroid dienone is 5. The minimum Gasteiger partial charge on any atom is -0.339 e. The molecule has 2 unspecified atom stereocenters. The topological polar surface area (TPSA) is 23.6 Å². The Morgan fingerprint density at radius 1 is 0.472 bits per heavy atom. The molecular formula is C50H96N2O. The molecule has 0 spiro atoms. The van der Waals surface area contributed by atoms with Crippen molar-refractivity contribution in [2.24, 2.45) is 5.92 Å². The van der Waals surface area contributed by atoms with Crippen LogP contribution in [0.3, 0.4) is 0 Å². The fourth-order valence-corrected chi connectivity index (χ4v) is 7.84. The van der Waals surface area contributed by atoms with E-state index in [-0.39, 0.29) is 5.92 Å². The molecule has 0 aromatic carbocycles. The number of hydrogen-bond donors (Lipinski definition) is 0. The molecule has 0 heterocycles. The summed E-state index contributed by atoms with van der Waals surface area (Å²) in [6.45, 7) is 12.8. The maximum absolute atomic E-state index is 14.7. The second-order valence-electron chi connectivity index (χ2n) is 16.8. The summed E-state index contributed by atoms with van der Waals surface area (Å²) in [5.41, 5.74) is 0. The van der Waals surface area contributed by atoms with Gasteiger partial charge in [0.2, 0.25) is 5.91 Å². The second-order valence-corrected chi connectivity index (χ2v) is 16.8. The van der Waals surface area contributed by atoms with Crippen molar-refractivity contribution in [3.63, 3.8) is 0 Å². The van der Waals surface area contributed by atoms with Gasteiger partial charge in [0.1, 0.15) is 0 Å². The molecule has 0 saturated heterocycles. The average Bonchev–Trinajstić information content (AvgIpc) is 3.15. The van der Waals surface area contributed by atoms with Gasteiger partial charge < -0.3 is 9.80 Å². The molecule has 0 rings (SSSR count). The highest BCUT2D eigenvalue weighted by atomic mass is 16.2. The summed E-state index contributed by atoms with van der Waals surface area (Å²) < 4.78 is 0. The van der Waals surface area contributed by atoms with Crippen molar-refractivity contribution in [2.75, 3.05) is 27.2 Å². The third-order valence-electron chi connectivity index (χ3n) is 11.3. The highest BCUT2D eigenvalue weighted by Gasteiger charge is 2.29. The first-order chi connectivity index (χ1) is 26.0. The van der Waals surface area contributed by atoms with E-state index in [1.54, 1.807) is 0 Å². The van der Waals surface area contributed by atoms with Gasteiger partial charge in [0, 0.05) is 18.5 Å². The number of rotatable bonds is 42. The van der Waals surface area contributed by atoms with Gasteiger partial charge in [0.05, 0.1) is 0 Å². The van der Waals surface area contributed by atoms with Crippen LogP contribution in [-0.4, -0.2) is 48.9 Å². The summed E-state index contributed by atoms with van der Waals surface area (Å²) in [6.07, 6.45) is 54.6. The quantitative estimate of drug-likeness (QED) is 0.0459. The number of hydrogen-bond acceptors (Lipinski definition) is 2. The Balaban J connectivity index is 5.31. The minimum absolute atomic E-state index is 0.223. The van der Waals surface area contributed by atoms with Crippen molar-refractivity contribution in [1.82, 2.24) is 9.80 Å². The SMILES string of the molecule is C=CCCCCCCCCC(CCCCCCCC/C=C\C/C=C\CCCCC)N(CCCN(C)C)C(=O)C(CCCCCC)CCCCCCCC. The summed E-state index contributed by atoms with van der Waals surface area (Å²) in [6, 6.07) is 0.416.